The van der Waals surface area contributed by atoms with Gasteiger partial charge in [-0.2, -0.15) is 0 Å². The molecule has 0 aliphatic carbocycles. The molecule has 172 valence electrons. The molecule has 0 spiro atoms. The second-order valence-corrected chi connectivity index (χ2v) is 9.16. The van der Waals surface area contributed by atoms with E-state index in [9.17, 15) is 18.0 Å². The van der Waals surface area contributed by atoms with Gasteiger partial charge in [-0.15, -0.1) is 0 Å². The van der Waals surface area contributed by atoms with E-state index < -0.39 is 21.8 Å². The number of para-hydroxylation sites is 2. The molecule has 3 rings (SSSR count). The van der Waals surface area contributed by atoms with Crippen molar-refractivity contribution in [2.75, 3.05) is 11.8 Å². The van der Waals surface area contributed by atoms with Gasteiger partial charge in [0.2, 0.25) is 0 Å². The van der Waals surface area contributed by atoms with Crippen LogP contribution in [-0.4, -0.2) is 27.3 Å². The number of halogens is 1. The summed E-state index contributed by atoms with van der Waals surface area (Å²) in [5.41, 5.74) is 6.97. The molecule has 0 unspecified atom stereocenters. The van der Waals surface area contributed by atoms with Gasteiger partial charge in [-0.25, -0.2) is 8.42 Å². The Labute approximate surface area is 196 Å². The summed E-state index contributed by atoms with van der Waals surface area (Å²) in [6.07, 6.45) is 0. The van der Waals surface area contributed by atoms with E-state index in [4.69, 9.17) is 16.3 Å². The second kappa shape index (κ2) is 9.93. The Bertz CT molecular complexity index is 1330. The van der Waals surface area contributed by atoms with E-state index in [1.807, 2.05) is 13.0 Å². The zero-order valence-corrected chi connectivity index (χ0v) is 19.7. The molecule has 0 aromatic heterocycles. The number of ether oxygens (including phenoxy) is 1. The van der Waals surface area contributed by atoms with E-state index in [-0.39, 0.29) is 21.2 Å². The Hall–Kier alpha value is -3.56. The predicted molar refractivity (Wildman–Crippen MR) is 126 cm³/mol. The highest BCUT2D eigenvalue weighted by molar-refractivity contribution is 7.92. The number of amides is 2. The van der Waals surface area contributed by atoms with Crippen molar-refractivity contribution in [2.45, 2.75) is 18.7 Å². The molecule has 0 heterocycles. The average Bonchev–Trinajstić information content (AvgIpc) is 2.79. The van der Waals surface area contributed by atoms with Crippen LogP contribution in [-0.2, 0) is 10.0 Å². The molecule has 2 amide bonds. The third-order valence-corrected chi connectivity index (χ3v) is 6.82. The van der Waals surface area contributed by atoms with Gasteiger partial charge in [0.25, 0.3) is 21.8 Å². The average molecular weight is 488 g/mol. The van der Waals surface area contributed by atoms with E-state index in [0.717, 1.165) is 17.2 Å². The van der Waals surface area contributed by atoms with Gasteiger partial charge in [0.05, 0.1) is 17.8 Å². The summed E-state index contributed by atoms with van der Waals surface area (Å²) in [6.45, 7) is 3.68. The minimum Gasteiger partial charge on any atom is -0.495 e. The van der Waals surface area contributed by atoms with E-state index in [1.54, 1.807) is 37.3 Å². The van der Waals surface area contributed by atoms with E-state index in [1.165, 1.54) is 25.3 Å². The smallest absolute Gasteiger partial charge is 0.269 e. The quantitative estimate of drug-likeness (QED) is 0.457. The number of hydrazine groups is 1. The first-order valence-corrected chi connectivity index (χ1v) is 11.6. The van der Waals surface area contributed by atoms with Crippen molar-refractivity contribution in [2.24, 2.45) is 0 Å². The number of rotatable bonds is 6. The highest BCUT2D eigenvalue weighted by atomic mass is 35.5. The number of carbonyl (C=O) groups excluding carboxylic acids is 2. The van der Waals surface area contributed by atoms with Crippen LogP contribution in [0.5, 0.6) is 5.75 Å². The first-order valence-electron chi connectivity index (χ1n) is 9.76. The van der Waals surface area contributed by atoms with Gasteiger partial charge in [-0.05, 0) is 61.4 Å². The van der Waals surface area contributed by atoms with Crippen molar-refractivity contribution >= 4 is 39.1 Å². The van der Waals surface area contributed by atoms with E-state index in [0.29, 0.717) is 11.3 Å². The number of anilines is 1. The lowest BCUT2D eigenvalue weighted by Crippen LogP contribution is -2.42. The summed E-state index contributed by atoms with van der Waals surface area (Å²) in [4.78, 5) is 24.7. The Morgan fingerprint density at radius 1 is 0.909 bits per heavy atom. The zero-order chi connectivity index (χ0) is 24.2. The fourth-order valence-corrected chi connectivity index (χ4v) is 4.63. The highest BCUT2D eigenvalue weighted by Gasteiger charge is 2.22. The Morgan fingerprint density at radius 3 is 2.33 bits per heavy atom. The molecule has 0 radical (unpaired) electrons. The molecule has 0 aliphatic rings. The van der Waals surface area contributed by atoms with Crippen LogP contribution in [0.25, 0.3) is 0 Å². The fraction of sp³-hybridized carbons (Fsp3) is 0.130. The topological polar surface area (TPSA) is 114 Å². The lowest BCUT2D eigenvalue weighted by Gasteiger charge is -2.14. The lowest BCUT2D eigenvalue weighted by atomic mass is 10.0. The van der Waals surface area contributed by atoms with Crippen LogP contribution in [0.4, 0.5) is 5.69 Å². The largest absolute Gasteiger partial charge is 0.495 e. The molecule has 3 N–H and O–H groups in total. The Morgan fingerprint density at radius 2 is 1.61 bits per heavy atom. The maximum Gasteiger partial charge on any atom is 0.269 e. The number of hydrogen-bond donors (Lipinski definition) is 3. The maximum atomic E-state index is 12.9. The first-order chi connectivity index (χ1) is 15.6. The Kier molecular flexibility index (Phi) is 7.25. The molecule has 0 fully saturated rings. The molecule has 0 bridgehead atoms. The van der Waals surface area contributed by atoms with Crippen molar-refractivity contribution in [3.63, 3.8) is 0 Å². The molecule has 3 aromatic rings. The second-order valence-electron chi connectivity index (χ2n) is 7.11. The van der Waals surface area contributed by atoms with Gasteiger partial charge in [-0.1, -0.05) is 35.9 Å². The summed E-state index contributed by atoms with van der Waals surface area (Å²) < 4.78 is 33.4. The van der Waals surface area contributed by atoms with Gasteiger partial charge in [0, 0.05) is 11.1 Å². The summed E-state index contributed by atoms with van der Waals surface area (Å²) in [7, 11) is -2.73. The van der Waals surface area contributed by atoms with E-state index >= 15 is 0 Å². The number of sulfonamides is 1. The predicted octanol–water partition coefficient (Wildman–Crippen LogP) is 3.84. The zero-order valence-electron chi connectivity index (χ0n) is 18.1. The van der Waals surface area contributed by atoms with Crippen molar-refractivity contribution in [1.29, 1.82) is 0 Å². The number of carbonyl (C=O) groups is 2. The number of nitrogens with one attached hydrogen (secondary N) is 3. The van der Waals surface area contributed by atoms with E-state index in [2.05, 4.69) is 15.6 Å². The first kappa shape index (κ1) is 24.1. The number of benzene rings is 3. The molecule has 0 saturated heterocycles. The summed E-state index contributed by atoms with van der Waals surface area (Å²) in [6, 6.07) is 15.5. The van der Waals surface area contributed by atoms with Gasteiger partial charge < -0.3 is 4.74 Å². The number of methoxy groups -OCH3 is 1. The lowest BCUT2D eigenvalue weighted by molar-refractivity contribution is 0.0846. The maximum absolute atomic E-state index is 12.9. The molecule has 0 saturated carbocycles. The van der Waals surface area contributed by atoms with Crippen LogP contribution >= 0.6 is 11.6 Å². The van der Waals surface area contributed by atoms with Gasteiger partial charge >= 0.3 is 0 Å². The minimum absolute atomic E-state index is 0.0129. The molecular formula is C23H22ClN3O5S. The molecule has 3 aromatic carbocycles. The van der Waals surface area contributed by atoms with Crippen LogP contribution in [0.15, 0.2) is 65.6 Å². The molecule has 10 heteroatoms. The summed E-state index contributed by atoms with van der Waals surface area (Å²) >= 11 is 6.11. The standard InChI is InChI=1S/C23H22ClN3O5S/c1-14-7-6-8-17(15(14)2)23(29)26-25-22(28)16-11-12-18(24)21(13-16)33(30,31)27-19-9-4-5-10-20(19)32-3/h4-13,27H,1-3H3,(H,25,28)(H,26,29). The van der Waals surface area contributed by atoms with Gasteiger partial charge in [0.15, 0.2) is 0 Å². The van der Waals surface area contributed by atoms with Crippen molar-refractivity contribution in [3.05, 3.63) is 87.9 Å². The molecule has 0 atom stereocenters. The van der Waals surface area contributed by atoms with Crippen LogP contribution in [0, 0.1) is 13.8 Å². The SMILES string of the molecule is COc1ccccc1NS(=O)(=O)c1cc(C(=O)NNC(=O)c2cccc(C)c2C)ccc1Cl. The minimum atomic E-state index is -4.15. The third kappa shape index (κ3) is 5.44. The van der Waals surface area contributed by atoms with Crippen LogP contribution in [0.2, 0.25) is 5.02 Å². The monoisotopic (exact) mass is 487 g/mol. The molecular weight excluding hydrogens is 466 g/mol. The summed E-state index contributed by atoms with van der Waals surface area (Å²) in [5, 5.41) is -0.0756. The van der Waals surface area contributed by atoms with Crippen LogP contribution in [0.1, 0.15) is 31.8 Å². The van der Waals surface area contributed by atoms with Crippen molar-refractivity contribution in [3.8, 4) is 5.75 Å². The van der Waals surface area contributed by atoms with Crippen molar-refractivity contribution < 1.29 is 22.7 Å². The number of hydrogen-bond acceptors (Lipinski definition) is 5. The fourth-order valence-electron chi connectivity index (χ4n) is 3.03. The van der Waals surface area contributed by atoms with Gasteiger partial charge in [0.1, 0.15) is 10.6 Å². The van der Waals surface area contributed by atoms with Crippen LogP contribution < -0.4 is 20.3 Å². The van der Waals surface area contributed by atoms with Crippen LogP contribution in [0.3, 0.4) is 0 Å². The highest BCUT2D eigenvalue weighted by Crippen LogP contribution is 2.29. The number of aryl methyl sites for hydroxylation is 1. The molecule has 33 heavy (non-hydrogen) atoms. The summed E-state index contributed by atoms with van der Waals surface area (Å²) in [5.74, 6) is -0.886. The van der Waals surface area contributed by atoms with Gasteiger partial charge in [-0.3, -0.25) is 25.2 Å². The normalized spacial score (nSPS) is 10.9. The Balaban J connectivity index is 1.79. The van der Waals surface area contributed by atoms with Crippen molar-refractivity contribution in [1.82, 2.24) is 10.9 Å². The molecule has 8 nitrogen and oxygen atoms in total. The molecule has 0 aliphatic heterocycles. The third-order valence-electron chi connectivity index (χ3n) is 4.97.